The molecule has 0 radical (unpaired) electrons. The zero-order valence-electron chi connectivity index (χ0n) is 15.6. The van der Waals surface area contributed by atoms with E-state index in [1.165, 1.54) is 27.3 Å². The number of thiophene rings is 1. The number of carbonyl (C=O) groups is 1. The van der Waals surface area contributed by atoms with Crippen LogP contribution >= 0.6 is 11.3 Å². The van der Waals surface area contributed by atoms with Crippen LogP contribution in [0.2, 0.25) is 0 Å². The number of rotatable bonds is 7. The Hall–Kier alpha value is -1.74. The molecular weight excluding hydrogens is 384 g/mol. The lowest BCUT2D eigenvalue weighted by Gasteiger charge is -2.28. The minimum Gasteiger partial charge on any atom is -0.385 e. The summed E-state index contributed by atoms with van der Waals surface area (Å²) in [5.74, 6) is -0.267. The lowest BCUT2D eigenvalue weighted by Crippen LogP contribution is -2.37. The van der Waals surface area contributed by atoms with Crippen molar-refractivity contribution < 1.29 is 17.9 Å². The number of methoxy groups -OCH3 is 1. The molecule has 0 spiro atoms. The van der Waals surface area contributed by atoms with Gasteiger partial charge in [0, 0.05) is 40.4 Å². The molecule has 1 aliphatic heterocycles. The summed E-state index contributed by atoms with van der Waals surface area (Å²) in [6, 6.07) is 9.42. The van der Waals surface area contributed by atoms with Crippen LogP contribution in [0.15, 0.2) is 40.6 Å². The quantitative estimate of drug-likeness (QED) is 0.661. The first-order chi connectivity index (χ1) is 12.9. The lowest BCUT2D eigenvalue weighted by atomic mass is 10.0. The van der Waals surface area contributed by atoms with Gasteiger partial charge in [0.1, 0.15) is 9.77 Å². The summed E-state index contributed by atoms with van der Waals surface area (Å²) in [6.45, 7) is 1.83. The van der Waals surface area contributed by atoms with Gasteiger partial charge in [0.2, 0.25) is 10.0 Å². The Morgan fingerprint density at radius 2 is 2.00 bits per heavy atom. The molecule has 0 atom stereocenters. The van der Waals surface area contributed by atoms with Gasteiger partial charge in [0.25, 0.3) is 5.91 Å². The summed E-state index contributed by atoms with van der Waals surface area (Å²) in [5, 5.41) is 1.67. The molecule has 1 amide bonds. The third kappa shape index (κ3) is 4.24. The van der Waals surface area contributed by atoms with E-state index in [-0.39, 0.29) is 15.7 Å². The molecule has 146 valence electrons. The number of fused-ring (bicyclic) bond motifs is 1. The van der Waals surface area contributed by atoms with Crippen LogP contribution in [0.4, 0.5) is 0 Å². The first-order valence-corrected chi connectivity index (χ1v) is 11.2. The molecule has 6 nitrogen and oxygen atoms in total. The summed E-state index contributed by atoms with van der Waals surface area (Å²) in [7, 11) is -0.425. The van der Waals surface area contributed by atoms with Gasteiger partial charge in [0.05, 0.1) is 0 Å². The third-order valence-corrected chi connectivity index (χ3v) is 7.64. The van der Waals surface area contributed by atoms with Crippen LogP contribution in [0, 0.1) is 0 Å². The Morgan fingerprint density at radius 1 is 1.26 bits per heavy atom. The molecule has 1 aromatic heterocycles. The topological polar surface area (TPSA) is 66.9 Å². The van der Waals surface area contributed by atoms with Gasteiger partial charge >= 0.3 is 0 Å². The molecule has 0 N–H and O–H groups in total. The fourth-order valence-electron chi connectivity index (χ4n) is 3.19. The summed E-state index contributed by atoms with van der Waals surface area (Å²) in [6.07, 6.45) is 1.38. The molecule has 2 aromatic rings. The monoisotopic (exact) mass is 408 g/mol. The maximum atomic E-state index is 13.2. The lowest BCUT2D eigenvalue weighted by molar-refractivity contribution is 0.0780. The second kappa shape index (κ2) is 8.52. The van der Waals surface area contributed by atoms with E-state index in [1.54, 1.807) is 24.4 Å². The number of carbonyl (C=O) groups excluding carboxylic acids is 1. The van der Waals surface area contributed by atoms with Gasteiger partial charge in [-0.2, -0.15) is 4.31 Å². The highest BCUT2D eigenvalue weighted by atomic mass is 32.2. The van der Waals surface area contributed by atoms with Crippen LogP contribution < -0.4 is 0 Å². The van der Waals surface area contributed by atoms with E-state index in [0.717, 1.165) is 5.56 Å². The van der Waals surface area contributed by atoms with Crippen molar-refractivity contribution >= 4 is 27.3 Å². The fourth-order valence-corrected chi connectivity index (χ4v) is 6.00. The van der Waals surface area contributed by atoms with Crippen LogP contribution in [0.1, 0.15) is 27.2 Å². The van der Waals surface area contributed by atoms with Crippen molar-refractivity contribution in [2.45, 2.75) is 24.3 Å². The van der Waals surface area contributed by atoms with Gasteiger partial charge in [-0.15, -0.1) is 11.3 Å². The average Bonchev–Trinajstić information content (AvgIpc) is 3.17. The zero-order valence-corrected chi connectivity index (χ0v) is 17.2. The number of ether oxygens (including phenoxy) is 1. The van der Waals surface area contributed by atoms with E-state index in [9.17, 15) is 13.2 Å². The molecular formula is C19H24N2O4S2. The van der Waals surface area contributed by atoms with Gasteiger partial charge in [0.15, 0.2) is 0 Å². The largest absolute Gasteiger partial charge is 0.385 e. The minimum atomic E-state index is -3.72. The molecule has 2 heterocycles. The molecule has 3 rings (SSSR count). The first kappa shape index (κ1) is 20.0. The molecule has 27 heavy (non-hydrogen) atoms. The Balaban J connectivity index is 1.81. The normalized spacial score (nSPS) is 14.7. The van der Waals surface area contributed by atoms with Crippen molar-refractivity contribution in [1.82, 2.24) is 9.21 Å². The first-order valence-electron chi connectivity index (χ1n) is 8.84. The summed E-state index contributed by atoms with van der Waals surface area (Å²) >= 11 is 1.17. The molecule has 0 saturated carbocycles. The summed E-state index contributed by atoms with van der Waals surface area (Å²) in [4.78, 5) is 14.7. The number of hydrogen-bond acceptors (Lipinski definition) is 5. The van der Waals surface area contributed by atoms with E-state index >= 15 is 0 Å². The van der Waals surface area contributed by atoms with Gasteiger partial charge in [-0.05, 0) is 35.4 Å². The van der Waals surface area contributed by atoms with E-state index in [4.69, 9.17) is 4.74 Å². The van der Waals surface area contributed by atoms with Crippen LogP contribution in [-0.2, 0) is 27.7 Å². The van der Waals surface area contributed by atoms with Crippen LogP contribution in [0.25, 0.3) is 0 Å². The van der Waals surface area contributed by atoms with E-state index in [1.807, 2.05) is 24.3 Å². The smallest absolute Gasteiger partial charge is 0.265 e. The standard InChI is InChI=1S/C19H24N2O4S2/c1-20(10-5-12-25-2)19(22)18-17(9-13-26-18)27(23,24)21-11-8-15-6-3-4-7-16(15)14-21/h3-4,6-7,9,13H,5,8,10-12,14H2,1-2H3. The fraction of sp³-hybridized carbons (Fsp3) is 0.421. The molecule has 0 bridgehead atoms. The van der Waals surface area contributed by atoms with Crippen molar-refractivity contribution in [1.29, 1.82) is 0 Å². The molecule has 0 aliphatic carbocycles. The third-order valence-electron chi connectivity index (χ3n) is 4.73. The average molecular weight is 409 g/mol. The van der Waals surface area contributed by atoms with E-state index in [0.29, 0.717) is 39.1 Å². The second-order valence-corrected chi connectivity index (χ2v) is 9.37. The van der Waals surface area contributed by atoms with Gasteiger partial charge in [-0.1, -0.05) is 24.3 Å². The summed E-state index contributed by atoms with van der Waals surface area (Å²) in [5.41, 5.74) is 2.20. The maximum Gasteiger partial charge on any atom is 0.265 e. The number of sulfonamides is 1. The van der Waals surface area contributed by atoms with Crippen LogP contribution in [0.5, 0.6) is 0 Å². The Morgan fingerprint density at radius 3 is 2.74 bits per heavy atom. The number of hydrogen-bond donors (Lipinski definition) is 0. The Bertz CT molecular complexity index is 908. The number of benzene rings is 1. The molecule has 1 aliphatic rings. The second-order valence-electron chi connectivity index (χ2n) is 6.54. The summed E-state index contributed by atoms with van der Waals surface area (Å²) < 4.78 is 32.9. The van der Waals surface area contributed by atoms with Crippen molar-refractivity contribution in [2.75, 3.05) is 33.9 Å². The van der Waals surface area contributed by atoms with E-state index < -0.39 is 10.0 Å². The zero-order chi connectivity index (χ0) is 19.4. The van der Waals surface area contributed by atoms with Crippen molar-refractivity contribution in [3.05, 3.63) is 51.7 Å². The van der Waals surface area contributed by atoms with Crippen molar-refractivity contribution in [3.8, 4) is 0 Å². The van der Waals surface area contributed by atoms with Gasteiger partial charge in [-0.25, -0.2) is 8.42 Å². The predicted molar refractivity (Wildman–Crippen MR) is 106 cm³/mol. The van der Waals surface area contributed by atoms with Gasteiger partial charge in [-0.3, -0.25) is 4.79 Å². The van der Waals surface area contributed by atoms with Crippen LogP contribution in [-0.4, -0.2) is 57.4 Å². The maximum absolute atomic E-state index is 13.2. The predicted octanol–water partition coefficient (Wildman–Crippen LogP) is 2.60. The van der Waals surface area contributed by atoms with Crippen LogP contribution in [0.3, 0.4) is 0 Å². The van der Waals surface area contributed by atoms with E-state index in [2.05, 4.69) is 0 Å². The molecule has 0 unspecified atom stereocenters. The minimum absolute atomic E-state index is 0.107. The number of amides is 1. The van der Waals surface area contributed by atoms with Crippen molar-refractivity contribution in [3.63, 3.8) is 0 Å². The highest BCUT2D eigenvalue weighted by Gasteiger charge is 2.33. The SMILES string of the molecule is COCCCN(C)C(=O)c1sccc1S(=O)(=O)N1CCc2ccccc2C1. The molecule has 0 fully saturated rings. The number of nitrogens with zero attached hydrogens (tertiary/aromatic N) is 2. The van der Waals surface area contributed by atoms with Crippen molar-refractivity contribution in [2.24, 2.45) is 0 Å². The molecule has 1 aromatic carbocycles. The Kier molecular flexibility index (Phi) is 6.31. The molecule has 0 saturated heterocycles. The Labute approximate surface area is 164 Å². The molecule has 8 heteroatoms. The highest BCUT2D eigenvalue weighted by Crippen LogP contribution is 2.30. The highest BCUT2D eigenvalue weighted by molar-refractivity contribution is 7.89. The van der Waals surface area contributed by atoms with Gasteiger partial charge < -0.3 is 9.64 Å².